The molecule has 0 unspecified atom stereocenters. The Bertz CT molecular complexity index is 494. The largest absolute Gasteiger partial charge is 0.368 e. The summed E-state index contributed by atoms with van der Waals surface area (Å²) in [6.07, 6.45) is 0.793. The molecule has 0 fully saturated rings. The van der Waals surface area contributed by atoms with Crippen molar-refractivity contribution >= 4 is 5.95 Å². The molecule has 82 valence electrons. The highest BCUT2D eigenvalue weighted by atomic mass is 19.1. The number of aryl methyl sites for hydroxylation is 1. The molecule has 0 saturated heterocycles. The van der Waals surface area contributed by atoms with Gasteiger partial charge in [0.25, 0.3) is 0 Å². The van der Waals surface area contributed by atoms with E-state index in [1.54, 1.807) is 12.1 Å². The number of hydrogen-bond donors (Lipinski definition) is 1. The first-order valence-corrected chi connectivity index (χ1v) is 5.08. The third-order valence-electron chi connectivity index (χ3n) is 2.30. The first-order chi connectivity index (χ1) is 7.69. The number of anilines is 1. The quantitative estimate of drug-likeness (QED) is 0.840. The maximum atomic E-state index is 12.8. The molecule has 0 aliphatic carbocycles. The lowest BCUT2D eigenvalue weighted by Crippen LogP contribution is -2.00. The van der Waals surface area contributed by atoms with Gasteiger partial charge in [-0.2, -0.15) is 0 Å². The molecule has 16 heavy (non-hydrogen) atoms. The third-order valence-corrected chi connectivity index (χ3v) is 2.30. The number of halogens is 1. The van der Waals surface area contributed by atoms with Gasteiger partial charge in [-0.15, -0.1) is 0 Å². The summed E-state index contributed by atoms with van der Waals surface area (Å²) >= 11 is 0. The summed E-state index contributed by atoms with van der Waals surface area (Å²) in [5.74, 6) is -0.0137. The van der Waals surface area contributed by atoms with Gasteiger partial charge in [0.2, 0.25) is 5.95 Å². The minimum absolute atomic E-state index is 0.249. The molecule has 4 heteroatoms. The van der Waals surface area contributed by atoms with Crippen LogP contribution in [-0.4, -0.2) is 9.97 Å². The topological polar surface area (TPSA) is 51.8 Å². The first-order valence-electron chi connectivity index (χ1n) is 5.08. The first kappa shape index (κ1) is 10.5. The Kier molecular flexibility index (Phi) is 2.81. The molecule has 2 N–H and O–H groups in total. The lowest BCUT2D eigenvalue weighted by atomic mass is 10.1. The summed E-state index contributed by atoms with van der Waals surface area (Å²) in [5.41, 5.74) is 8.05. The lowest BCUT2D eigenvalue weighted by Gasteiger charge is -2.04. The molecule has 2 rings (SSSR count). The Morgan fingerprint density at radius 1 is 1.19 bits per heavy atom. The van der Waals surface area contributed by atoms with Crippen molar-refractivity contribution in [2.24, 2.45) is 0 Å². The monoisotopic (exact) mass is 217 g/mol. The van der Waals surface area contributed by atoms with E-state index in [9.17, 15) is 4.39 Å². The van der Waals surface area contributed by atoms with E-state index < -0.39 is 0 Å². The molecule has 0 bridgehead atoms. The second kappa shape index (κ2) is 4.26. The van der Waals surface area contributed by atoms with Crippen LogP contribution in [0.25, 0.3) is 11.3 Å². The Labute approximate surface area is 93.2 Å². The van der Waals surface area contributed by atoms with Crippen LogP contribution in [0, 0.1) is 5.82 Å². The minimum Gasteiger partial charge on any atom is -0.368 e. The molecular formula is C12H12FN3. The van der Waals surface area contributed by atoms with Crippen LogP contribution >= 0.6 is 0 Å². The summed E-state index contributed by atoms with van der Waals surface area (Å²) in [5, 5.41) is 0. The SMILES string of the molecule is CCc1cc(-c2ccc(F)cc2)nc(N)n1. The van der Waals surface area contributed by atoms with Crippen molar-refractivity contribution in [3.8, 4) is 11.3 Å². The number of rotatable bonds is 2. The molecule has 1 aromatic heterocycles. The fourth-order valence-corrected chi connectivity index (χ4v) is 1.47. The highest BCUT2D eigenvalue weighted by molar-refractivity contribution is 5.60. The van der Waals surface area contributed by atoms with Gasteiger partial charge in [0.1, 0.15) is 5.82 Å². The summed E-state index contributed by atoms with van der Waals surface area (Å²) in [6, 6.07) is 8.02. The van der Waals surface area contributed by atoms with Gasteiger partial charge in [0.15, 0.2) is 0 Å². The molecular weight excluding hydrogens is 205 g/mol. The van der Waals surface area contributed by atoms with Crippen molar-refractivity contribution in [2.75, 3.05) is 5.73 Å². The Hall–Kier alpha value is -1.97. The fraction of sp³-hybridized carbons (Fsp3) is 0.167. The summed E-state index contributed by atoms with van der Waals surface area (Å²) in [4.78, 5) is 8.21. The molecule has 1 aromatic carbocycles. The minimum atomic E-state index is -0.263. The van der Waals surface area contributed by atoms with Crippen LogP contribution in [0.1, 0.15) is 12.6 Å². The number of hydrogen-bond acceptors (Lipinski definition) is 3. The van der Waals surface area contributed by atoms with E-state index in [2.05, 4.69) is 9.97 Å². The third kappa shape index (κ3) is 2.16. The van der Waals surface area contributed by atoms with Crippen LogP contribution in [0.15, 0.2) is 30.3 Å². The smallest absolute Gasteiger partial charge is 0.220 e. The molecule has 2 aromatic rings. The second-order valence-electron chi connectivity index (χ2n) is 3.46. The van der Waals surface area contributed by atoms with Gasteiger partial charge >= 0.3 is 0 Å². The number of nitrogens with zero attached hydrogens (tertiary/aromatic N) is 2. The van der Waals surface area contributed by atoms with Crippen molar-refractivity contribution in [3.05, 3.63) is 41.8 Å². The van der Waals surface area contributed by atoms with Gasteiger partial charge < -0.3 is 5.73 Å². The average molecular weight is 217 g/mol. The zero-order valence-electron chi connectivity index (χ0n) is 8.94. The predicted molar refractivity (Wildman–Crippen MR) is 61.2 cm³/mol. The highest BCUT2D eigenvalue weighted by Crippen LogP contribution is 2.19. The second-order valence-corrected chi connectivity index (χ2v) is 3.46. The molecule has 0 saturated carbocycles. The van der Waals surface area contributed by atoms with Gasteiger partial charge in [-0.1, -0.05) is 6.92 Å². The van der Waals surface area contributed by atoms with Crippen molar-refractivity contribution < 1.29 is 4.39 Å². The van der Waals surface area contributed by atoms with Crippen molar-refractivity contribution in [3.63, 3.8) is 0 Å². The predicted octanol–water partition coefficient (Wildman–Crippen LogP) is 2.43. The number of aromatic nitrogens is 2. The summed E-state index contributed by atoms with van der Waals surface area (Å²) in [7, 11) is 0. The summed E-state index contributed by atoms with van der Waals surface area (Å²) < 4.78 is 12.8. The number of nitrogen functional groups attached to an aromatic ring is 1. The van der Waals surface area contributed by atoms with Crippen LogP contribution in [-0.2, 0) is 6.42 Å². The average Bonchev–Trinajstić information content (AvgIpc) is 2.29. The van der Waals surface area contributed by atoms with E-state index in [1.807, 2.05) is 13.0 Å². The maximum Gasteiger partial charge on any atom is 0.220 e. The van der Waals surface area contributed by atoms with Gasteiger partial charge in [-0.3, -0.25) is 0 Å². The zero-order valence-corrected chi connectivity index (χ0v) is 8.94. The van der Waals surface area contributed by atoms with Crippen molar-refractivity contribution in [2.45, 2.75) is 13.3 Å². The Morgan fingerprint density at radius 3 is 2.50 bits per heavy atom. The zero-order chi connectivity index (χ0) is 11.5. The van der Waals surface area contributed by atoms with Crippen molar-refractivity contribution in [1.29, 1.82) is 0 Å². The number of benzene rings is 1. The fourth-order valence-electron chi connectivity index (χ4n) is 1.47. The molecule has 3 nitrogen and oxygen atoms in total. The Morgan fingerprint density at radius 2 is 1.88 bits per heavy atom. The van der Waals surface area contributed by atoms with E-state index in [4.69, 9.17) is 5.73 Å². The van der Waals surface area contributed by atoms with E-state index in [0.29, 0.717) is 0 Å². The van der Waals surface area contributed by atoms with Gasteiger partial charge in [0.05, 0.1) is 5.69 Å². The van der Waals surface area contributed by atoms with E-state index >= 15 is 0 Å². The lowest BCUT2D eigenvalue weighted by molar-refractivity contribution is 0.628. The molecule has 0 radical (unpaired) electrons. The standard InChI is InChI=1S/C12H12FN3/c1-2-10-7-11(16-12(14)15-10)8-3-5-9(13)6-4-8/h3-7H,2H2,1H3,(H2,14,15,16). The number of nitrogens with two attached hydrogens (primary N) is 1. The molecule has 0 spiro atoms. The van der Waals surface area contributed by atoms with E-state index in [-0.39, 0.29) is 11.8 Å². The molecule has 0 aliphatic rings. The molecule has 1 heterocycles. The normalized spacial score (nSPS) is 10.4. The van der Waals surface area contributed by atoms with Gasteiger partial charge in [-0.25, -0.2) is 14.4 Å². The highest BCUT2D eigenvalue weighted by Gasteiger charge is 2.03. The summed E-state index contributed by atoms with van der Waals surface area (Å²) in [6.45, 7) is 2.00. The molecule has 0 aliphatic heterocycles. The Balaban J connectivity index is 2.47. The van der Waals surface area contributed by atoms with Crippen LogP contribution in [0.4, 0.5) is 10.3 Å². The van der Waals surface area contributed by atoms with E-state index in [0.717, 1.165) is 23.4 Å². The van der Waals surface area contributed by atoms with Crippen LogP contribution in [0.3, 0.4) is 0 Å². The van der Waals surface area contributed by atoms with Crippen LogP contribution in [0.5, 0.6) is 0 Å². The van der Waals surface area contributed by atoms with Crippen LogP contribution in [0.2, 0.25) is 0 Å². The maximum absolute atomic E-state index is 12.8. The molecule has 0 atom stereocenters. The van der Waals surface area contributed by atoms with Crippen molar-refractivity contribution in [1.82, 2.24) is 9.97 Å². The molecule has 0 amide bonds. The van der Waals surface area contributed by atoms with Gasteiger partial charge in [-0.05, 0) is 36.8 Å². The van der Waals surface area contributed by atoms with E-state index in [1.165, 1.54) is 12.1 Å². The van der Waals surface area contributed by atoms with Gasteiger partial charge in [0, 0.05) is 11.3 Å². The van der Waals surface area contributed by atoms with Crippen LogP contribution < -0.4 is 5.73 Å².